The third kappa shape index (κ3) is 1.29. The topological polar surface area (TPSA) is 58.6 Å². The van der Waals surface area contributed by atoms with Gasteiger partial charge in [0.05, 0.1) is 12.6 Å². The zero-order valence-corrected chi connectivity index (χ0v) is 7.45. The second-order valence-electron chi connectivity index (χ2n) is 3.40. The number of amides is 3. The van der Waals surface area contributed by atoms with Gasteiger partial charge in [0.2, 0.25) is 0 Å². The van der Waals surface area contributed by atoms with Crippen LogP contribution in [0.3, 0.4) is 0 Å². The number of imide groups is 1. The molecule has 2 fully saturated rings. The second-order valence-corrected chi connectivity index (χ2v) is 3.40. The lowest BCUT2D eigenvalue weighted by Crippen LogP contribution is -2.41. The molecule has 0 spiro atoms. The average molecular weight is 184 g/mol. The van der Waals surface area contributed by atoms with Gasteiger partial charge in [0.25, 0.3) is 5.91 Å². The van der Waals surface area contributed by atoms with Crippen molar-refractivity contribution in [2.24, 2.45) is 0 Å². The van der Waals surface area contributed by atoms with Crippen LogP contribution in [0, 0.1) is 0 Å². The molecule has 3 amide bonds. The number of rotatable bonds is 1. The van der Waals surface area contributed by atoms with Crippen molar-refractivity contribution in [3.8, 4) is 0 Å². The molecule has 0 aromatic heterocycles. The van der Waals surface area contributed by atoms with Crippen molar-refractivity contribution in [1.82, 2.24) is 10.2 Å². The van der Waals surface area contributed by atoms with Gasteiger partial charge in [-0.15, -0.1) is 0 Å². The van der Waals surface area contributed by atoms with Crippen molar-refractivity contribution in [3.63, 3.8) is 0 Å². The smallest absolute Gasteiger partial charge is 0.325 e. The van der Waals surface area contributed by atoms with E-state index in [1.165, 1.54) is 4.90 Å². The van der Waals surface area contributed by atoms with Crippen molar-refractivity contribution < 1.29 is 14.3 Å². The van der Waals surface area contributed by atoms with Crippen molar-refractivity contribution in [3.05, 3.63) is 0 Å². The quantitative estimate of drug-likeness (QED) is 0.570. The third-order valence-electron chi connectivity index (χ3n) is 2.44. The molecule has 2 heterocycles. The number of carbonyl (C=O) groups excluding carboxylic acids is 2. The number of carbonyl (C=O) groups is 2. The Morgan fingerprint density at radius 2 is 2.31 bits per heavy atom. The third-order valence-corrected chi connectivity index (χ3v) is 2.44. The molecule has 2 aliphatic heterocycles. The molecule has 0 aromatic rings. The minimum Gasteiger partial charge on any atom is -0.379 e. The van der Waals surface area contributed by atoms with Gasteiger partial charge in [-0.3, -0.25) is 9.69 Å². The maximum Gasteiger partial charge on any atom is 0.325 e. The zero-order valence-electron chi connectivity index (χ0n) is 7.45. The van der Waals surface area contributed by atoms with E-state index in [0.29, 0.717) is 13.2 Å². The van der Waals surface area contributed by atoms with Crippen molar-refractivity contribution in [2.45, 2.75) is 25.4 Å². The van der Waals surface area contributed by atoms with Crippen molar-refractivity contribution >= 4 is 11.9 Å². The molecule has 2 rings (SSSR count). The molecule has 0 bridgehead atoms. The predicted octanol–water partition coefficient (Wildman–Crippen LogP) is -0.284. The van der Waals surface area contributed by atoms with E-state index in [1.807, 2.05) is 0 Å². The molecule has 72 valence electrons. The summed E-state index contributed by atoms with van der Waals surface area (Å²) in [6, 6.07) is -0.724. The molecular weight excluding hydrogens is 172 g/mol. The summed E-state index contributed by atoms with van der Waals surface area (Å²) < 4.78 is 5.13. The van der Waals surface area contributed by atoms with Gasteiger partial charge in [-0.2, -0.15) is 0 Å². The Labute approximate surface area is 76.0 Å². The van der Waals surface area contributed by atoms with Gasteiger partial charge in [0, 0.05) is 6.61 Å². The predicted molar refractivity (Wildman–Crippen MR) is 44.1 cm³/mol. The number of nitrogens with one attached hydrogen (secondary N) is 1. The van der Waals surface area contributed by atoms with Crippen molar-refractivity contribution in [2.75, 3.05) is 13.2 Å². The van der Waals surface area contributed by atoms with Crippen LogP contribution in [0.5, 0.6) is 0 Å². The summed E-state index contributed by atoms with van der Waals surface area (Å²) in [6.07, 6.45) is 0.756. The van der Waals surface area contributed by atoms with Gasteiger partial charge in [0.15, 0.2) is 0 Å². The van der Waals surface area contributed by atoms with Crippen LogP contribution in [0.4, 0.5) is 4.79 Å². The first-order valence-electron chi connectivity index (χ1n) is 4.41. The summed E-state index contributed by atoms with van der Waals surface area (Å²) in [4.78, 5) is 24.1. The molecule has 2 atom stereocenters. The van der Waals surface area contributed by atoms with Crippen LogP contribution in [-0.4, -0.2) is 42.1 Å². The number of urea groups is 1. The Kier molecular flexibility index (Phi) is 1.95. The highest BCUT2D eigenvalue weighted by Crippen LogP contribution is 2.17. The monoisotopic (exact) mass is 184 g/mol. The maximum atomic E-state index is 11.5. The molecule has 5 nitrogen and oxygen atoms in total. The highest BCUT2D eigenvalue weighted by Gasteiger charge is 2.40. The molecule has 2 saturated heterocycles. The molecule has 2 aliphatic rings. The first kappa shape index (κ1) is 8.50. The zero-order chi connectivity index (χ0) is 9.42. The summed E-state index contributed by atoms with van der Waals surface area (Å²) in [6.45, 7) is 2.80. The van der Waals surface area contributed by atoms with Crippen LogP contribution in [-0.2, 0) is 9.53 Å². The van der Waals surface area contributed by atoms with Crippen LogP contribution in [0.2, 0.25) is 0 Å². The minimum absolute atomic E-state index is 0.0579. The van der Waals surface area contributed by atoms with E-state index in [4.69, 9.17) is 4.74 Å². The highest BCUT2D eigenvalue weighted by molar-refractivity contribution is 6.04. The van der Waals surface area contributed by atoms with Crippen LogP contribution < -0.4 is 5.32 Å². The van der Waals surface area contributed by atoms with E-state index < -0.39 is 0 Å². The Bertz CT molecular complexity index is 248. The van der Waals surface area contributed by atoms with Crippen LogP contribution in [0.15, 0.2) is 0 Å². The Morgan fingerprint density at radius 1 is 1.54 bits per heavy atom. The van der Waals surface area contributed by atoms with Crippen LogP contribution in [0.1, 0.15) is 13.3 Å². The number of nitrogens with zero attached hydrogens (tertiary/aromatic N) is 1. The molecule has 13 heavy (non-hydrogen) atoms. The lowest BCUT2D eigenvalue weighted by Gasteiger charge is -2.18. The number of hydrogen-bond acceptors (Lipinski definition) is 3. The maximum absolute atomic E-state index is 11.5. The van der Waals surface area contributed by atoms with Crippen LogP contribution in [0.25, 0.3) is 0 Å². The standard InChI is InChI=1S/C8H12N2O3/c1-5-7(11)10(8(12)9-5)6-2-3-13-4-6/h5-6H,2-4H2,1H3,(H,9,12)/t5-,6?/m0/s1. The summed E-state index contributed by atoms with van der Waals surface area (Å²) >= 11 is 0. The summed E-state index contributed by atoms with van der Waals surface area (Å²) in [7, 11) is 0. The second kappa shape index (κ2) is 2.99. The minimum atomic E-state index is -0.381. The fourth-order valence-corrected chi connectivity index (χ4v) is 1.70. The fourth-order valence-electron chi connectivity index (χ4n) is 1.70. The fraction of sp³-hybridized carbons (Fsp3) is 0.750. The summed E-state index contributed by atoms with van der Waals surface area (Å²) in [5, 5.41) is 2.58. The summed E-state index contributed by atoms with van der Waals surface area (Å²) in [5.74, 6) is -0.138. The van der Waals surface area contributed by atoms with Gasteiger partial charge in [-0.25, -0.2) is 4.79 Å². The Morgan fingerprint density at radius 3 is 2.77 bits per heavy atom. The Balaban J connectivity index is 2.13. The van der Waals surface area contributed by atoms with Gasteiger partial charge in [-0.05, 0) is 13.3 Å². The van der Waals surface area contributed by atoms with Gasteiger partial charge in [-0.1, -0.05) is 0 Å². The SMILES string of the molecule is C[C@@H]1NC(=O)N(C2CCOC2)C1=O. The molecule has 0 saturated carbocycles. The van der Waals surface area contributed by atoms with Crippen LogP contribution >= 0.6 is 0 Å². The largest absolute Gasteiger partial charge is 0.379 e. The molecule has 5 heteroatoms. The average Bonchev–Trinajstić information content (AvgIpc) is 2.63. The van der Waals surface area contributed by atoms with E-state index >= 15 is 0 Å². The molecule has 0 radical (unpaired) electrons. The highest BCUT2D eigenvalue weighted by atomic mass is 16.5. The molecule has 1 N–H and O–H groups in total. The molecule has 0 aromatic carbocycles. The first-order valence-corrected chi connectivity index (χ1v) is 4.41. The lowest BCUT2D eigenvalue weighted by molar-refractivity contribution is -0.128. The summed E-state index contributed by atoms with van der Waals surface area (Å²) in [5.41, 5.74) is 0. The Hall–Kier alpha value is -1.10. The first-order chi connectivity index (χ1) is 6.20. The lowest BCUT2D eigenvalue weighted by atomic mass is 10.2. The van der Waals surface area contributed by atoms with E-state index in [-0.39, 0.29) is 24.0 Å². The van der Waals surface area contributed by atoms with E-state index in [1.54, 1.807) is 6.92 Å². The number of hydrogen-bond donors (Lipinski definition) is 1. The van der Waals surface area contributed by atoms with Crippen molar-refractivity contribution in [1.29, 1.82) is 0 Å². The van der Waals surface area contributed by atoms with Gasteiger partial charge in [0.1, 0.15) is 6.04 Å². The van der Waals surface area contributed by atoms with Gasteiger partial charge < -0.3 is 10.1 Å². The molecule has 0 aliphatic carbocycles. The van der Waals surface area contributed by atoms with E-state index in [9.17, 15) is 9.59 Å². The molecular formula is C8H12N2O3. The van der Waals surface area contributed by atoms with E-state index in [0.717, 1.165) is 6.42 Å². The van der Waals surface area contributed by atoms with Gasteiger partial charge >= 0.3 is 6.03 Å². The number of ether oxygens (including phenoxy) is 1. The van der Waals surface area contributed by atoms with E-state index in [2.05, 4.69) is 5.32 Å². The normalized spacial score (nSPS) is 34.1. The molecule has 1 unspecified atom stereocenters.